The fraction of sp³-hybridized carbons (Fsp3) is 0.250. The SMILES string of the molecule is CC(=O)SCCC#Cc1ccc(Cl)cc1O. The van der Waals surface area contributed by atoms with Crippen molar-refractivity contribution in [2.24, 2.45) is 0 Å². The lowest BCUT2D eigenvalue weighted by atomic mass is 10.2. The summed E-state index contributed by atoms with van der Waals surface area (Å²) in [6, 6.07) is 4.80. The average molecular weight is 255 g/mol. The number of hydrogen-bond donors (Lipinski definition) is 1. The Balaban J connectivity index is 2.53. The number of carbonyl (C=O) groups is 1. The van der Waals surface area contributed by atoms with Crippen LogP contribution in [0.3, 0.4) is 0 Å². The number of hydrogen-bond acceptors (Lipinski definition) is 3. The first-order chi connectivity index (χ1) is 7.59. The zero-order valence-corrected chi connectivity index (χ0v) is 10.4. The van der Waals surface area contributed by atoms with Crippen LogP contribution in [-0.2, 0) is 4.79 Å². The Morgan fingerprint density at radius 2 is 2.31 bits per heavy atom. The van der Waals surface area contributed by atoms with E-state index in [1.165, 1.54) is 24.8 Å². The van der Waals surface area contributed by atoms with Crippen molar-refractivity contribution in [1.29, 1.82) is 0 Å². The highest BCUT2D eigenvalue weighted by Gasteiger charge is 1.97. The maximum absolute atomic E-state index is 10.6. The molecule has 0 saturated carbocycles. The van der Waals surface area contributed by atoms with E-state index in [2.05, 4.69) is 11.8 Å². The van der Waals surface area contributed by atoms with Crippen molar-refractivity contribution in [3.05, 3.63) is 28.8 Å². The first-order valence-electron chi connectivity index (χ1n) is 4.70. The summed E-state index contributed by atoms with van der Waals surface area (Å²) in [4.78, 5) is 10.6. The van der Waals surface area contributed by atoms with Crippen molar-refractivity contribution in [2.75, 3.05) is 5.75 Å². The Kier molecular flexibility index (Phi) is 5.24. The van der Waals surface area contributed by atoms with Gasteiger partial charge in [0, 0.05) is 24.1 Å². The molecule has 1 N–H and O–H groups in total. The van der Waals surface area contributed by atoms with E-state index in [0.29, 0.717) is 22.8 Å². The van der Waals surface area contributed by atoms with Crippen LogP contribution in [0.2, 0.25) is 5.02 Å². The van der Waals surface area contributed by atoms with E-state index in [-0.39, 0.29) is 10.9 Å². The van der Waals surface area contributed by atoms with Gasteiger partial charge in [0.05, 0.1) is 5.56 Å². The third-order valence-electron chi connectivity index (χ3n) is 1.72. The lowest BCUT2D eigenvalue weighted by molar-refractivity contribution is -0.109. The van der Waals surface area contributed by atoms with E-state index in [1.54, 1.807) is 12.1 Å². The maximum atomic E-state index is 10.6. The second kappa shape index (κ2) is 6.47. The van der Waals surface area contributed by atoms with E-state index in [4.69, 9.17) is 11.6 Å². The molecule has 0 aliphatic carbocycles. The molecule has 1 rings (SSSR count). The van der Waals surface area contributed by atoms with Gasteiger partial charge in [-0.1, -0.05) is 35.2 Å². The summed E-state index contributed by atoms with van der Waals surface area (Å²) in [6.07, 6.45) is 0.617. The molecule has 1 aromatic carbocycles. The van der Waals surface area contributed by atoms with Crippen molar-refractivity contribution in [3.63, 3.8) is 0 Å². The van der Waals surface area contributed by atoms with Crippen LogP contribution in [0.4, 0.5) is 0 Å². The lowest BCUT2D eigenvalue weighted by Gasteiger charge is -1.96. The van der Waals surface area contributed by atoms with Crippen LogP contribution in [0.25, 0.3) is 0 Å². The minimum absolute atomic E-state index is 0.0826. The second-order valence-electron chi connectivity index (χ2n) is 3.05. The summed E-state index contributed by atoms with van der Waals surface area (Å²) >= 11 is 6.93. The zero-order chi connectivity index (χ0) is 12.0. The number of benzene rings is 1. The van der Waals surface area contributed by atoms with Gasteiger partial charge in [-0.2, -0.15) is 0 Å². The molecule has 0 aliphatic rings. The van der Waals surface area contributed by atoms with E-state index in [9.17, 15) is 9.90 Å². The molecule has 2 nitrogen and oxygen atoms in total. The molecule has 0 radical (unpaired) electrons. The van der Waals surface area contributed by atoms with Crippen molar-refractivity contribution in [2.45, 2.75) is 13.3 Å². The molecular formula is C12H11ClO2S. The molecule has 16 heavy (non-hydrogen) atoms. The highest BCUT2D eigenvalue weighted by atomic mass is 35.5. The second-order valence-corrected chi connectivity index (χ2v) is 4.76. The average Bonchev–Trinajstić information content (AvgIpc) is 2.20. The van der Waals surface area contributed by atoms with Crippen LogP contribution >= 0.6 is 23.4 Å². The third kappa shape index (κ3) is 4.61. The minimum Gasteiger partial charge on any atom is -0.507 e. The first kappa shape index (κ1) is 13.0. The molecule has 84 valence electrons. The van der Waals surface area contributed by atoms with Crippen LogP contribution in [0.5, 0.6) is 5.75 Å². The summed E-state index contributed by atoms with van der Waals surface area (Å²) < 4.78 is 0. The number of phenolic OH excluding ortho intramolecular Hbond substituents is 1. The van der Waals surface area contributed by atoms with Crippen LogP contribution in [-0.4, -0.2) is 16.0 Å². The van der Waals surface area contributed by atoms with Gasteiger partial charge in [0.1, 0.15) is 5.75 Å². The summed E-state index contributed by atoms with van der Waals surface area (Å²) in [5.74, 6) is 6.48. The molecule has 0 bridgehead atoms. The monoisotopic (exact) mass is 254 g/mol. The first-order valence-corrected chi connectivity index (χ1v) is 6.06. The largest absolute Gasteiger partial charge is 0.507 e. The molecule has 0 unspecified atom stereocenters. The summed E-state index contributed by atoms with van der Waals surface area (Å²) in [5.41, 5.74) is 0.553. The quantitative estimate of drug-likeness (QED) is 0.651. The molecule has 0 spiro atoms. The molecule has 0 amide bonds. The summed E-state index contributed by atoms with van der Waals surface area (Å²) in [6.45, 7) is 1.53. The van der Waals surface area contributed by atoms with Crippen molar-refractivity contribution >= 4 is 28.5 Å². The lowest BCUT2D eigenvalue weighted by Crippen LogP contribution is -1.84. The van der Waals surface area contributed by atoms with Crippen molar-refractivity contribution in [1.82, 2.24) is 0 Å². The predicted octanol–water partition coefficient (Wildman–Crippen LogP) is 3.07. The fourth-order valence-corrected chi connectivity index (χ4v) is 1.67. The van der Waals surface area contributed by atoms with Crippen LogP contribution in [0.1, 0.15) is 18.9 Å². The van der Waals surface area contributed by atoms with Crippen molar-refractivity contribution < 1.29 is 9.90 Å². The van der Waals surface area contributed by atoms with Gasteiger partial charge in [-0.3, -0.25) is 4.79 Å². The van der Waals surface area contributed by atoms with E-state index < -0.39 is 0 Å². The Labute approximate surface area is 104 Å². The standard InChI is InChI=1S/C12H11ClO2S/c1-9(14)16-7-3-2-4-10-5-6-11(13)8-12(10)15/h5-6,8,15H,3,7H2,1H3. The van der Waals surface area contributed by atoms with E-state index in [0.717, 1.165) is 0 Å². The smallest absolute Gasteiger partial charge is 0.185 e. The predicted molar refractivity (Wildman–Crippen MR) is 67.8 cm³/mol. The highest BCUT2D eigenvalue weighted by molar-refractivity contribution is 8.13. The van der Waals surface area contributed by atoms with Gasteiger partial charge in [-0.05, 0) is 18.2 Å². The van der Waals surface area contributed by atoms with Crippen LogP contribution < -0.4 is 0 Å². The van der Waals surface area contributed by atoms with Gasteiger partial charge in [0.25, 0.3) is 0 Å². The molecule has 0 atom stereocenters. The van der Waals surface area contributed by atoms with Crippen LogP contribution in [0, 0.1) is 11.8 Å². The number of thioether (sulfide) groups is 1. The van der Waals surface area contributed by atoms with Gasteiger partial charge >= 0.3 is 0 Å². The van der Waals surface area contributed by atoms with E-state index in [1.807, 2.05) is 0 Å². The Bertz CT molecular complexity index is 446. The van der Waals surface area contributed by atoms with Gasteiger partial charge in [0.2, 0.25) is 0 Å². The molecule has 0 aromatic heterocycles. The Morgan fingerprint density at radius 1 is 1.56 bits per heavy atom. The molecular weight excluding hydrogens is 244 g/mol. The fourth-order valence-electron chi connectivity index (χ4n) is 1.01. The van der Waals surface area contributed by atoms with E-state index >= 15 is 0 Å². The highest BCUT2D eigenvalue weighted by Crippen LogP contribution is 2.20. The number of halogens is 1. The molecule has 1 aromatic rings. The third-order valence-corrected chi connectivity index (χ3v) is 2.77. The molecule has 0 fully saturated rings. The number of phenols is 1. The van der Waals surface area contributed by atoms with Gasteiger partial charge < -0.3 is 5.11 Å². The minimum atomic E-state index is 0.0826. The Hall–Kier alpha value is -1.11. The zero-order valence-electron chi connectivity index (χ0n) is 8.79. The number of aromatic hydroxyl groups is 1. The van der Waals surface area contributed by atoms with Crippen LogP contribution in [0.15, 0.2) is 18.2 Å². The molecule has 4 heteroatoms. The normalized spacial score (nSPS) is 9.38. The Morgan fingerprint density at radius 3 is 2.94 bits per heavy atom. The van der Waals surface area contributed by atoms with Crippen molar-refractivity contribution in [3.8, 4) is 17.6 Å². The van der Waals surface area contributed by atoms with Gasteiger partial charge in [-0.15, -0.1) is 0 Å². The number of carbonyl (C=O) groups excluding carboxylic acids is 1. The number of rotatable bonds is 2. The topological polar surface area (TPSA) is 37.3 Å². The van der Waals surface area contributed by atoms with Gasteiger partial charge in [0.15, 0.2) is 5.12 Å². The summed E-state index contributed by atoms with van der Waals surface area (Å²) in [7, 11) is 0. The summed E-state index contributed by atoms with van der Waals surface area (Å²) in [5, 5.41) is 10.1. The molecule has 0 saturated heterocycles. The maximum Gasteiger partial charge on any atom is 0.185 e. The van der Waals surface area contributed by atoms with Gasteiger partial charge in [-0.25, -0.2) is 0 Å². The molecule has 0 heterocycles. The molecule has 0 aliphatic heterocycles.